The summed E-state index contributed by atoms with van der Waals surface area (Å²) < 4.78 is 3.50. The van der Waals surface area contributed by atoms with Crippen molar-refractivity contribution in [1.82, 2.24) is 4.57 Å². The average Bonchev–Trinajstić information content (AvgIpc) is 3.03. The van der Waals surface area contributed by atoms with Crippen molar-refractivity contribution >= 4 is 38.6 Å². The van der Waals surface area contributed by atoms with E-state index < -0.39 is 0 Å². The maximum absolute atomic E-state index is 9.18. The molecular weight excluding hydrogens is 332 g/mol. The molecule has 0 N–H and O–H groups in total. The lowest BCUT2D eigenvalue weighted by atomic mass is 10.1. The van der Waals surface area contributed by atoms with Crippen molar-refractivity contribution in [2.45, 2.75) is 37.5 Å². The van der Waals surface area contributed by atoms with Crippen LogP contribution in [-0.4, -0.2) is 16.1 Å². The van der Waals surface area contributed by atoms with Gasteiger partial charge in [0.05, 0.1) is 11.6 Å². The second kappa shape index (κ2) is 5.46. The molecule has 2 atom stereocenters. The molecule has 1 aliphatic carbocycles. The molecule has 1 aromatic heterocycles. The van der Waals surface area contributed by atoms with E-state index in [1.54, 1.807) is 0 Å². The molecule has 0 bridgehead atoms. The standard InChI is InChI=1S/C16H17BrN2S/c1-10-5-16-14(6-11(10)8-18)15(17)9-19(16)12-3-4-13(7-12)20-2/h5-6,9,12-13H,3-4,7H2,1-2H3/t12-,13+/m1/s1. The predicted molar refractivity (Wildman–Crippen MR) is 89.3 cm³/mol. The number of nitrogens with zero attached hydrogens (tertiary/aromatic N) is 2. The molecule has 1 fully saturated rings. The van der Waals surface area contributed by atoms with Crippen molar-refractivity contribution in [3.05, 3.63) is 33.9 Å². The molecule has 0 saturated heterocycles. The largest absolute Gasteiger partial charge is 0.343 e. The van der Waals surface area contributed by atoms with Crippen LogP contribution in [0.2, 0.25) is 0 Å². The third-order valence-corrected chi connectivity index (χ3v) is 6.06. The quantitative estimate of drug-likeness (QED) is 0.760. The molecule has 1 aliphatic rings. The van der Waals surface area contributed by atoms with E-state index in [2.05, 4.69) is 45.1 Å². The van der Waals surface area contributed by atoms with Crippen LogP contribution in [0.3, 0.4) is 0 Å². The summed E-state index contributed by atoms with van der Waals surface area (Å²) >= 11 is 5.63. The van der Waals surface area contributed by atoms with Crippen LogP contribution in [0.4, 0.5) is 0 Å². The van der Waals surface area contributed by atoms with Gasteiger partial charge in [-0.05, 0) is 66.1 Å². The van der Waals surface area contributed by atoms with E-state index in [1.807, 2.05) is 24.8 Å². The van der Waals surface area contributed by atoms with Gasteiger partial charge in [-0.15, -0.1) is 0 Å². The maximum Gasteiger partial charge on any atom is 0.0994 e. The van der Waals surface area contributed by atoms with Gasteiger partial charge in [-0.3, -0.25) is 0 Å². The minimum Gasteiger partial charge on any atom is -0.343 e. The zero-order valence-electron chi connectivity index (χ0n) is 11.7. The second-order valence-electron chi connectivity index (χ2n) is 5.50. The predicted octanol–water partition coefficient (Wildman–Crippen LogP) is 5.04. The molecule has 104 valence electrons. The fourth-order valence-corrected chi connectivity index (χ4v) is 4.49. The maximum atomic E-state index is 9.18. The number of fused-ring (bicyclic) bond motifs is 1. The lowest BCUT2D eigenvalue weighted by Gasteiger charge is -2.14. The fourth-order valence-electron chi connectivity index (χ4n) is 3.17. The van der Waals surface area contributed by atoms with Gasteiger partial charge >= 0.3 is 0 Å². The SMILES string of the molecule is CS[C@H]1CC[C@@H](n2cc(Br)c3cc(C#N)c(C)cc32)C1. The highest BCUT2D eigenvalue weighted by atomic mass is 79.9. The first kappa shape index (κ1) is 14.0. The molecule has 0 unspecified atom stereocenters. The van der Waals surface area contributed by atoms with Crippen molar-refractivity contribution in [3.63, 3.8) is 0 Å². The number of aromatic nitrogens is 1. The number of thioether (sulfide) groups is 1. The van der Waals surface area contributed by atoms with Crippen LogP contribution in [0.5, 0.6) is 0 Å². The number of nitriles is 1. The van der Waals surface area contributed by atoms with Crippen molar-refractivity contribution in [2.24, 2.45) is 0 Å². The van der Waals surface area contributed by atoms with Gasteiger partial charge in [0.15, 0.2) is 0 Å². The normalized spacial score (nSPS) is 22.3. The van der Waals surface area contributed by atoms with Crippen molar-refractivity contribution in [3.8, 4) is 6.07 Å². The van der Waals surface area contributed by atoms with E-state index in [1.165, 1.54) is 24.8 Å². The van der Waals surface area contributed by atoms with Gasteiger partial charge in [0, 0.05) is 32.9 Å². The zero-order valence-corrected chi connectivity index (χ0v) is 14.1. The Hall–Kier alpha value is -0.920. The number of hydrogen-bond acceptors (Lipinski definition) is 2. The molecule has 3 rings (SSSR count). The molecule has 0 aliphatic heterocycles. The van der Waals surface area contributed by atoms with Crippen LogP contribution in [0.1, 0.15) is 36.4 Å². The third-order valence-electron chi connectivity index (χ3n) is 4.33. The van der Waals surface area contributed by atoms with E-state index in [0.717, 1.165) is 26.2 Å². The van der Waals surface area contributed by atoms with Gasteiger partial charge in [-0.1, -0.05) is 0 Å². The van der Waals surface area contributed by atoms with Crippen LogP contribution < -0.4 is 0 Å². The average molecular weight is 349 g/mol. The summed E-state index contributed by atoms with van der Waals surface area (Å²) in [6.45, 7) is 2.02. The first-order chi connectivity index (χ1) is 9.63. The van der Waals surface area contributed by atoms with Gasteiger partial charge in [-0.25, -0.2) is 0 Å². The third kappa shape index (κ3) is 2.27. The minimum absolute atomic E-state index is 0.591. The van der Waals surface area contributed by atoms with Crippen molar-refractivity contribution < 1.29 is 0 Å². The van der Waals surface area contributed by atoms with Gasteiger partial charge in [0.25, 0.3) is 0 Å². The Bertz CT molecular complexity index is 699. The molecule has 0 radical (unpaired) electrons. The molecule has 1 aromatic carbocycles. The summed E-state index contributed by atoms with van der Waals surface area (Å²) in [5.41, 5.74) is 3.08. The fraction of sp³-hybridized carbons (Fsp3) is 0.438. The molecule has 4 heteroatoms. The Morgan fingerprint density at radius 2 is 2.20 bits per heavy atom. The van der Waals surface area contributed by atoms with E-state index in [0.29, 0.717) is 6.04 Å². The first-order valence-electron chi connectivity index (χ1n) is 6.87. The summed E-state index contributed by atoms with van der Waals surface area (Å²) in [6.07, 6.45) is 8.20. The van der Waals surface area contributed by atoms with Gasteiger partial charge < -0.3 is 4.57 Å². The Morgan fingerprint density at radius 1 is 1.40 bits per heavy atom. The summed E-state index contributed by atoms with van der Waals surface area (Å²) in [5.74, 6) is 0. The van der Waals surface area contributed by atoms with Gasteiger partial charge in [0.2, 0.25) is 0 Å². The van der Waals surface area contributed by atoms with E-state index in [-0.39, 0.29) is 0 Å². The van der Waals surface area contributed by atoms with Crippen LogP contribution in [0, 0.1) is 18.3 Å². The summed E-state index contributed by atoms with van der Waals surface area (Å²) in [4.78, 5) is 0. The van der Waals surface area contributed by atoms with Gasteiger partial charge in [-0.2, -0.15) is 17.0 Å². The first-order valence-corrected chi connectivity index (χ1v) is 8.95. The van der Waals surface area contributed by atoms with E-state index in [9.17, 15) is 5.26 Å². The Labute approximate surface area is 132 Å². The Kier molecular flexibility index (Phi) is 3.83. The Balaban J connectivity index is 2.09. The molecular formula is C16H17BrN2S. The number of halogens is 1. The molecule has 1 saturated carbocycles. The molecule has 1 heterocycles. The smallest absolute Gasteiger partial charge is 0.0994 e. The minimum atomic E-state index is 0.591. The summed E-state index contributed by atoms with van der Waals surface area (Å²) in [7, 11) is 0. The van der Waals surface area contributed by atoms with Crippen LogP contribution in [0.15, 0.2) is 22.8 Å². The molecule has 2 aromatic rings. The summed E-state index contributed by atoms with van der Waals surface area (Å²) in [6, 6.07) is 7.03. The topological polar surface area (TPSA) is 28.7 Å². The number of aryl methyl sites for hydroxylation is 1. The highest BCUT2D eigenvalue weighted by Crippen LogP contribution is 2.40. The summed E-state index contributed by atoms with van der Waals surface area (Å²) in [5, 5.41) is 11.1. The van der Waals surface area contributed by atoms with Crippen LogP contribution in [-0.2, 0) is 0 Å². The number of rotatable bonds is 2. The van der Waals surface area contributed by atoms with E-state index in [4.69, 9.17) is 0 Å². The molecule has 0 amide bonds. The van der Waals surface area contributed by atoms with Gasteiger partial charge in [0.1, 0.15) is 0 Å². The van der Waals surface area contributed by atoms with Crippen molar-refractivity contribution in [1.29, 1.82) is 5.26 Å². The van der Waals surface area contributed by atoms with Crippen molar-refractivity contribution in [2.75, 3.05) is 6.26 Å². The monoisotopic (exact) mass is 348 g/mol. The number of hydrogen-bond donors (Lipinski definition) is 0. The lowest BCUT2D eigenvalue weighted by molar-refractivity contribution is 0.536. The highest BCUT2D eigenvalue weighted by molar-refractivity contribution is 9.10. The highest BCUT2D eigenvalue weighted by Gasteiger charge is 2.26. The molecule has 20 heavy (non-hydrogen) atoms. The second-order valence-corrected chi connectivity index (χ2v) is 7.50. The lowest BCUT2D eigenvalue weighted by Crippen LogP contribution is -2.04. The molecule has 2 nitrogen and oxygen atoms in total. The zero-order chi connectivity index (χ0) is 14.3. The molecule has 0 spiro atoms. The number of benzene rings is 1. The van der Waals surface area contributed by atoms with Crippen LogP contribution >= 0.6 is 27.7 Å². The van der Waals surface area contributed by atoms with E-state index >= 15 is 0 Å². The Morgan fingerprint density at radius 3 is 2.85 bits per heavy atom. The van der Waals surface area contributed by atoms with Crippen LogP contribution in [0.25, 0.3) is 10.9 Å².